The minimum Gasteiger partial charge on any atom is -0.497 e. The van der Waals surface area contributed by atoms with Crippen LogP contribution in [0, 0.1) is 0 Å². The highest BCUT2D eigenvalue weighted by Gasteiger charge is 2.13. The van der Waals surface area contributed by atoms with E-state index in [2.05, 4.69) is 10.0 Å². The molecule has 0 fully saturated rings. The van der Waals surface area contributed by atoms with Gasteiger partial charge in [-0.2, -0.15) is 0 Å². The molecule has 2 aromatic rings. The fourth-order valence-electron chi connectivity index (χ4n) is 1.89. The summed E-state index contributed by atoms with van der Waals surface area (Å²) in [4.78, 5) is 11.3. The highest BCUT2D eigenvalue weighted by atomic mass is 32.2. The lowest BCUT2D eigenvalue weighted by atomic mass is 10.2. The third kappa shape index (κ3) is 4.60. The van der Waals surface area contributed by atoms with Crippen molar-refractivity contribution in [2.45, 2.75) is 4.90 Å². The largest absolute Gasteiger partial charge is 0.497 e. The first-order valence-electron chi connectivity index (χ1n) is 7.11. The molecule has 0 saturated heterocycles. The quantitative estimate of drug-likeness (QED) is 0.786. The number of benzene rings is 2. The topological polar surface area (TPSA) is 84.5 Å². The van der Waals surface area contributed by atoms with Crippen LogP contribution in [0.1, 0.15) is 5.56 Å². The molecule has 0 aliphatic carbocycles. The number of hydrogen-bond donors (Lipinski definition) is 2. The van der Waals surface area contributed by atoms with E-state index in [1.165, 1.54) is 25.3 Å². The van der Waals surface area contributed by atoms with Crippen LogP contribution in [0.25, 0.3) is 6.08 Å². The van der Waals surface area contributed by atoms with Gasteiger partial charge >= 0.3 is 0 Å². The van der Waals surface area contributed by atoms with Crippen molar-refractivity contribution in [3.8, 4) is 5.75 Å². The van der Waals surface area contributed by atoms with Crippen molar-refractivity contribution in [3.05, 3.63) is 60.2 Å². The molecule has 0 aliphatic heterocycles. The van der Waals surface area contributed by atoms with Gasteiger partial charge in [0, 0.05) is 18.8 Å². The molecule has 0 radical (unpaired) electrons. The molecule has 2 rings (SSSR count). The summed E-state index contributed by atoms with van der Waals surface area (Å²) in [5.41, 5.74) is 1.17. The fraction of sp³-hybridized carbons (Fsp3) is 0.118. The molecule has 7 heteroatoms. The second-order valence-electron chi connectivity index (χ2n) is 4.85. The van der Waals surface area contributed by atoms with Gasteiger partial charge in [-0.05, 0) is 48.0 Å². The molecule has 0 saturated carbocycles. The van der Waals surface area contributed by atoms with Crippen LogP contribution in [0.15, 0.2) is 59.5 Å². The van der Waals surface area contributed by atoms with Gasteiger partial charge in [0.05, 0.1) is 12.0 Å². The average Bonchev–Trinajstić information content (AvgIpc) is 2.60. The standard InChI is InChI=1S/C17H18N2O4S/c1-18-17(20)12-5-13-3-10-16(11-4-13)24(21,22)19-14-6-8-15(23-2)9-7-14/h3-12,19H,1-2H3,(H,18,20)/b12-5+. The lowest BCUT2D eigenvalue weighted by Gasteiger charge is -2.09. The zero-order valence-electron chi connectivity index (χ0n) is 13.3. The third-order valence-electron chi connectivity index (χ3n) is 3.21. The monoisotopic (exact) mass is 346 g/mol. The molecule has 0 heterocycles. The van der Waals surface area contributed by atoms with Crippen LogP contribution < -0.4 is 14.8 Å². The van der Waals surface area contributed by atoms with Crippen molar-refractivity contribution in [3.63, 3.8) is 0 Å². The first-order valence-corrected chi connectivity index (χ1v) is 8.59. The van der Waals surface area contributed by atoms with E-state index < -0.39 is 10.0 Å². The van der Waals surface area contributed by atoms with Crippen molar-refractivity contribution in [1.29, 1.82) is 0 Å². The van der Waals surface area contributed by atoms with E-state index in [1.807, 2.05) is 0 Å². The fourth-order valence-corrected chi connectivity index (χ4v) is 2.95. The Morgan fingerprint density at radius 2 is 1.67 bits per heavy atom. The van der Waals surface area contributed by atoms with E-state index in [9.17, 15) is 13.2 Å². The third-order valence-corrected chi connectivity index (χ3v) is 4.60. The van der Waals surface area contributed by atoms with Crippen molar-refractivity contribution in [1.82, 2.24) is 5.32 Å². The number of likely N-dealkylation sites (N-methyl/N-ethyl adjacent to an activating group) is 1. The minimum atomic E-state index is -3.68. The van der Waals surface area contributed by atoms with Crippen molar-refractivity contribution >= 4 is 27.7 Å². The number of rotatable bonds is 6. The number of anilines is 1. The normalized spacial score (nSPS) is 11.2. The smallest absolute Gasteiger partial charge is 0.261 e. The molecular weight excluding hydrogens is 328 g/mol. The van der Waals surface area contributed by atoms with Gasteiger partial charge in [-0.3, -0.25) is 9.52 Å². The lowest BCUT2D eigenvalue weighted by Crippen LogP contribution is -2.14. The van der Waals surface area contributed by atoms with Gasteiger partial charge in [0.25, 0.3) is 10.0 Å². The van der Waals surface area contributed by atoms with Crippen LogP contribution in [0.4, 0.5) is 5.69 Å². The molecule has 0 bridgehead atoms. The molecule has 0 spiro atoms. The molecular formula is C17H18N2O4S. The van der Waals surface area contributed by atoms with E-state index in [4.69, 9.17) is 4.74 Å². The van der Waals surface area contributed by atoms with Gasteiger partial charge in [0.15, 0.2) is 0 Å². The highest BCUT2D eigenvalue weighted by Crippen LogP contribution is 2.19. The van der Waals surface area contributed by atoms with Crippen molar-refractivity contribution in [2.75, 3.05) is 18.9 Å². The second-order valence-corrected chi connectivity index (χ2v) is 6.53. The zero-order valence-corrected chi connectivity index (χ0v) is 14.1. The summed E-state index contributed by atoms with van der Waals surface area (Å²) in [6.45, 7) is 0. The predicted octanol–water partition coefficient (Wildman–Crippen LogP) is 2.26. The van der Waals surface area contributed by atoms with Gasteiger partial charge in [0.1, 0.15) is 5.75 Å². The molecule has 126 valence electrons. The van der Waals surface area contributed by atoms with Crippen LogP contribution in [-0.4, -0.2) is 28.5 Å². The maximum absolute atomic E-state index is 12.4. The Hall–Kier alpha value is -2.80. The maximum Gasteiger partial charge on any atom is 0.261 e. The molecule has 6 nitrogen and oxygen atoms in total. The van der Waals surface area contributed by atoms with Gasteiger partial charge in [-0.1, -0.05) is 12.1 Å². The summed E-state index contributed by atoms with van der Waals surface area (Å²) in [5.74, 6) is 0.415. The second kappa shape index (κ2) is 7.65. The molecule has 1 amide bonds. The average molecular weight is 346 g/mol. The Labute approximate surface area is 141 Å². The molecule has 0 aromatic heterocycles. The van der Waals surface area contributed by atoms with E-state index in [0.29, 0.717) is 11.4 Å². The Kier molecular flexibility index (Phi) is 5.59. The number of hydrogen-bond acceptors (Lipinski definition) is 4. The summed E-state index contributed by atoms with van der Waals surface area (Å²) >= 11 is 0. The lowest BCUT2D eigenvalue weighted by molar-refractivity contribution is -0.115. The van der Waals surface area contributed by atoms with Crippen LogP contribution in [0.2, 0.25) is 0 Å². The Balaban J connectivity index is 2.13. The van der Waals surface area contributed by atoms with E-state index in [1.54, 1.807) is 49.6 Å². The number of nitrogens with one attached hydrogen (secondary N) is 2. The molecule has 24 heavy (non-hydrogen) atoms. The molecule has 2 N–H and O–H groups in total. The van der Waals surface area contributed by atoms with Gasteiger partial charge < -0.3 is 10.1 Å². The molecule has 2 aromatic carbocycles. The molecule has 0 atom stereocenters. The number of ether oxygens (including phenoxy) is 1. The summed E-state index contributed by atoms with van der Waals surface area (Å²) in [5, 5.41) is 2.47. The predicted molar refractivity (Wildman–Crippen MR) is 93.3 cm³/mol. The van der Waals surface area contributed by atoms with E-state index in [-0.39, 0.29) is 10.8 Å². The first kappa shape index (κ1) is 17.6. The maximum atomic E-state index is 12.4. The van der Waals surface area contributed by atoms with Crippen molar-refractivity contribution in [2.24, 2.45) is 0 Å². The van der Waals surface area contributed by atoms with E-state index in [0.717, 1.165) is 5.56 Å². The van der Waals surface area contributed by atoms with Gasteiger partial charge in [0.2, 0.25) is 5.91 Å². The van der Waals surface area contributed by atoms with Crippen LogP contribution in [0.5, 0.6) is 5.75 Å². The minimum absolute atomic E-state index is 0.135. The summed E-state index contributed by atoms with van der Waals surface area (Å²) in [6.07, 6.45) is 2.98. The summed E-state index contributed by atoms with van der Waals surface area (Å²) in [7, 11) is -0.604. The highest BCUT2D eigenvalue weighted by molar-refractivity contribution is 7.92. The van der Waals surface area contributed by atoms with Crippen LogP contribution >= 0.6 is 0 Å². The Bertz CT molecular complexity index is 826. The summed E-state index contributed by atoms with van der Waals surface area (Å²) in [6, 6.07) is 12.8. The van der Waals surface area contributed by atoms with Crippen LogP contribution in [-0.2, 0) is 14.8 Å². The van der Waals surface area contributed by atoms with Gasteiger partial charge in [-0.25, -0.2) is 8.42 Å². The number of sulfonamides is 1. The molecule has 0 aliphatic rings. The number of amides is 1. The number of carbonyl (C=O) groups excluding carboxylic acids is 1. The van der Waals surface area contributed by atoms with Gasteiger partial charge in [-0.15, -0.1) is 0 Å². The molecule has 0 unspecified atom stereocenters. The first-order chi connectivity index (χ1) is 11.4. The zero-order chi connectivity index (χ0) is 17.6. The van der Waals surface area contributed by atoms with E-state index >= 15 is 0 Å². The SMILES string of the molecule is CNC(=O)/C=C/c1ccc(S(=O)(=O)Nc2ccc(OC)cc2)cc1. The Morgan fingerprint density at radius 3 is 2.21 bits per heavy atom. The summed E-state index contributed by atoms with van der Waals surface area (Å²) < 4.78 is 32.2. The van der Waals surface area contributed by atoms with Crippen molar-refractivity contribution < 1.29 is 17.9 Å². The number of carbonyl (C=O) groups is 1. The van der Waals surface area contributed by atoms with Crippen LogP contribution in [0.3, 0.4) is 0 Å². The number of methoxy groups -OCH3 is 1. The Morgan fingerprint density at radius 1 is 1.04 bits per heavy atom.